The average molecular weight is 462 g/mol. The number of halogens is 1. The van der Waals surface area contributed by atoms with E-state index < -0.39 is 11.8 Å². The van der Waals surface area contributed by atoms with Gasteiger partial charge >= 0.3 is 0 Å². The Morgan fingerprint density at radius 2 is 1.90 bits per heavy atom. The Labute approximate surface area is 178 Å². The zero-order chi connectivity index (χ0) is 21.1. The first-order chi connectivity index (χ1) is 14.0. The molecule has 0 spiro atoms. The number of hydrogen-bond acceptors (Lipinski definition) is 5. The van der Waals surface area contributed by atoms with Crippen LogP contribution in [0.5, 0.6) is 11.5 Å². The molecule has 2 N–H and O–H groups in total. The molecule has 0 aliphatic rings. The topological polar surface area (TPSA) is 89.0 Å². The molecule has 8 heteroatoms. The van der Waals surface area contributed by atoms with Gasteiger partial charge in [-0.15, -0.1) is 0 Å². The Hall–Kier alpha value is -2.87. The second-order valence-corrected chi connectivity index (χ2v) is 7.05. The van der Waals surface area contributed by atoms with Crippen LogP contribution in [0.2, 0.25) is 0 Å². The highest BCUT2D eigenvalue weighted by Crippen LogP contribution is 2.22. The maximum absolute atomic E-state index is 12.0. The van der Waals surface area contributed by atoms with Gasteiger partial charge in [0.05, 0.1) is 19.9 Å². The Morgan fingerprint density at radius 3 is 2.59 bits per heavy atom. The summed E-state index contributed by atoms with van der Waals surface area (Å²) in [4.78, 5) is 23.9. The third kappa shape index (κ3) is 7.95. The summed E-state index contributed by atoms with van der Waals surface area (Å²) in [7, 11) is 1.56. The molecule has 0 aliphatic carbocycles. The molecular formula is C21H24BrN3O4. The van der Waals surface area contributed by atoms with Crippen LogP contribution in [0, 0.1) is 0 Å². The minimum atomic E-state index is -0.518. The molecule has 0 atom stereocenters. The molecule has 0 fully saturated rings. The van der Waals surface area contributed by atoms with Gasteiger partial charge in [-0.25, -0.2) is 5.43 Å². The molecule has 0 radical (unpaired) electrons. The molecule has 0 unspecified atom stereocenters. The van der Waals surface area contributed by atoms with Gasteiger partial charge in [0.2, 0.25) is 11.8 Å². The summed E-state index contributed by atoms with van der Waals surface area (Å²) in [5.41, 5.74) is 3.66. The van der Waals surface area contributed by atoms with Crippen molar-refractivity contribution in [2.24, 2.45) is 5.10 Å². The van der Waals surface area contributed by atoms with Crippen LogP contribution in [0.1, 0.15) is 31.7 Å². The van der Waals surface area contributed by atoms with Crippen molar-refractivity contribution in [1.82, 2.24) is 5.43 Å². The van der Waals surface area contributed by atoms with E-state index in [-0.39, 0.29) is 6.42 Å². The van der Waals surface area contributed by atoms with E-state index >= 15 is 0 Å². The normalized spacial score (nSPS) is 10.6. The highest BCUT2D eigenvalue weighted by Gasteiger charge is 2.09. The number of nitrogens with zero attached hydrogens (tertiary/aromatic N) is 1. The van der Waals surface area contributed by atoms with E-state index in [4.69, 9.17) is 9.47 Å². The number of methoxy groups -OCH3 is 1. The fourth-order valence-electron chi connectivity index (χ4n) is 2.32. The molecule has 0 aromatic heterocycles. The van der Waals surface area contributed by atoms with E-state index in [9.17, 15) is 9.59 Å². The van der Waals surface area contributed by atoms with Crippen molar-refractivity contribution in [2.45, 2.75) is 26.2 Å². The minimum Gasteiger partial charge on any atom is -0.497 e. The molecule has 2 aromatic carbocycles. The number of ether oxygens (including phenoxy) is 2. The summed E-state index contributed by atoms with van der Waals surface area (Å²) in [5.74, 6) is 0.405. The van der Waals surface area contributed by atoms with E-state index in [0.29, 0.717) is 23.8 Å². The fraction of sp³-hybridized carbons (Fsp3) is 0.286. The van der Waals surface area contributed by atoms with E-state index in [1.165, 1.54) is 6.21 Å². The SMILES string of the molecule is CCCCOc1ccc(Br)cc1C=NNC(=O)CC(=O)Nc1ccc(OC)cc1. The predicted octanol–water partition coefficient (Wildman–Crippen LogP) is 4.12. The fourth-order valence-corrected chi connectivity index (χ4v) is 2.70. The van der Waals surface area contributed by atoms with Crippen molar-refractivity contribution in [3.05, 3.63) is 52.5 Å². The van der Waals surface area contributed by atoms with E-state index in [2.05, 4.69) is 38.7 Å². The number of hydrazone groups is 1. The van der Waals surface area contributed by atoms with Crippen LogP contribution in [0.3, 0.4) is 0 Å². The smallest absolute Gasteiger partial charge is 0.249 e. The van der Waals surface area contributed by atoms with Gasteiger partial charge in [-0.3, -0.25) is 9.59 Å². The molecule has 0 bridgehead atoms. The van der Waals surface area contributed by atoms with Crippen LogP contribution in [-0.2, 0) is 9.59 Å². The van der Waals surface area contributed by atoms with Gasteiger partial charge in [-0.1, -0.05) is 29.3 Å². The first kappa shape index (κ1) is 22.4. The number of unbranched alkanes of at least 4 members (excludes halogenated alkanes) is 1. The first-order valence-corrected chi connectivity index (χ1v) is 9.99. The van der Waals surface area contributed by atoms with Crippen LogP contribution in [-0.4, -0.2) is 31.7 Å². The Bertz CT molecular complexity index is 854. The number of nitrogens with one attached hydrogen (secondary N) is 2. The lowest BCUT2D eigenvalue weighted by molar-refractivity contribution is -0.126. The van der Waals surface area contributed by atoms with Gasteiger partial charge in [0.25, 0.3) is 0 Å². The van der Waals surface area contributed by atoms with E-state index in [1.54, 1.807) is 31.4 Å². The number of benzene rings is 2. The molecule has 0 saturated carbocycles. The highest BCUT2D eigenvalue weighted by molar-refractivity contribution is 9.10. The lowest BCUT2D eigenvalue weighted by Crippen LogP contribution is -2.24. The van der Waals surface area contributed by atoms with Crippen molar-refractivity contribution in [1.29, 1.82) is 0 Å². The molecule has 2 rings (SSSR count). The van der Waals surface area contributed by atoms with E-state index in [1.807, 2.05) is 18.2 Å². The largest absolute Gasteiger partial charge is 0.497 e. The summed E-state index contributed by atoms with van der Waals surface area (Å²) in [5, 5.41) is 6.58. The Morgan fingerprint density at radius 1 is 1.14 bits per heavy atom. The average Bonchev–Trinajstić information content (AvgIpc) is 2.70. The zero-order valence-corrected chi connectivity index (χ0v) is 18.0. The molecule has 2 aromatic rings. The second kappa shape index (κ2) is 11.9. The van der Waals surface area contributed by atoms with E-state index in [0.717, 1.165) is 22.9 Å². The predicted molar refractivity (Wildman–Crippen MR) is 117 cm³/mol. The summed E-state index contributed by atoms with van der Waals surface area (Å²) in [6, 6.07) is 12.4. The van der Waals surface area contributed by atoms with Crippen molar-refractivity contribution in [3.8, 4) is 11.5 Å². The number of rotatable bonds is 10. The van der Waals surface area contributed by atoms with Crippen LogP contribution >= 0.6 is 15.9 Å². The van der Waals surface area contributed by atoms with Crippen molar-refractivity contribution < 1.29 is 19.1 Å². The van der Waals surface area contributed by atoms with Crippen LogP contribution < -0.4 is 20.2 Å². The number of amides is 2. The minimum absolute atomic E-state index is 0.346. The summed E-state index contributed by atoms with van der Waals surface area (Å²) < 4.78 is 11.7. The maximum Gasteiger partial charge on any atom is 0.249 e. The van der Waals surface area contributed by atoms with Crippen molar-refractivity contribution in [3.63, 3.8) is 0 Å². The van der Waals surface area contributed by atoms with Gasteiger partial charge in [0.15, 0.2) is 0 Å². The molecule has 0 heterocycles. The van der Waals surface area contributed by atoms with Crippen LogP contribution in [0.15, 0.2) is 52.0 Å². The Kier molecular flexibility index (Phi) is 9.17. The number of hydrogen-bond donors (Lipinski definition) is 2. The van der Waals surface area contributed by atoms with Crippen molar-refractivity contribution in [2.75, 3.05) is 19.0 Å². The molecular weight excluding hydrogens is 438 g/mol. The third-order valence-electron chi connectivity index (χ3n) is 3.82. The summed E-state index contributed by atoms with van der Waals surface area (Å²) in [6.45, 7) is 2.70. The van der Waals surface area contributed by atoms with Gasteiger partial charge in [-0.05, 0) is 48.9 Å². The maximum atomic E-state index is 12.0. The zero-order valence-electron chi connectivity index (χ0n) is 16.4. The van der Waals surface area contributed by atoms with Crippen molar-refractivity contribution >= 4 is 39.6 Å². The monoisotopic (exact) mass is 461 g/mol. The van der Waals surface area contributed by atoms with Crippen LogP contribution in [0.4, 0.5) is 5.69 Å². The molecule has 0 aliphatic heterocycles. The van der Waals surface area contributed by atoms with Crippen LogP contribution in [0.25, 0.3) is 0 Å². The number of carbonyl (C=O) groups excluding carboxylic acids is 2. The third-order valence-corrected chi connectivity index (χ3v) is 4.31. The molecule has 29 heavy (non-hydrogen) atoms. The van der Waals surface area contributed by atoms with Gasteiger partial charge in [0, 0.05) is 15.7 Å². The van der Waals surface area contributed by atoms with Gasteiger partial charge in [0.1, 0.15) is 17.9 Å². The quantitative estimate of drug-likeness (QED) is 0.241. The molecule has 7 nitrogen and oxygen atoms in total. The highest BCUT2D eigenvalue weighted by atomic mass is 79.9. The second-order valence-electron chi connectivity index (χ2n) is 6.13. The Balaban J connectivity index is 1.86. The lowest BCUT2D eigenvalue weighted by atomic mass is 10.2. The molecule has 154 valence electrons. The van der Waals surface area contributed by atoms with Gasteiger partial charge in [-0.2, -0.15) is 5.10 Å². The first-order valence-electron chi connectivity index (χ1n) is 9.20. The lowest BCUT2D eigenvalue weighted by Gasteiger charge is -2.09. The summed E-state index contributed by atoms with van der Waals surface area (Å²) in [6.07, 6.45) is 3.13. The summed E-state index contributed by atoms with van der Waals surface area (Å²) >= 11 is 3.41. The molecule has 0 saturated heterocycles. The standard InChI is InChI=1S/C21H24BrN3O4/c1-3-4-11-29-19-10-5-16(22)12-15(19)14-23-25-21(27)13-20(26)24-17-6-8-18(28-2)9-7-17/h5-10,12,14H,3-4,11,13H2,1-2H3,(H,24,26)(H,25,27). The molecule has 2 amide bonds. The number of carbonyl (C=O) groups is 2. The van der Waals surface area contributed by atoms with Gasteiger partial charge < -0.3 is 14.8 Å². The number of anilines is 1.